The number of sulfonamides is 1. The Bertz CT molecular complexity index is 815. The molecule has 3 rings (SSSR count). The Morgan fingerprint density at radius 1 is 1.28 bits per heavy atom. The monoisotopic (exact) mass is 435 g/mol. The summed E-state index contributed by atoms with van der Waals surface area (Å²) in [5, 5.41) is 3.18. The lowest BCUT2D eigenvalue weighted by Gasteiger charge is -2.41. The predicted molar refractivity (Wildman–Crippen MR) is 105 cm³/mol. The van der Waals surface area contributed by atoms with Crippen LogP contribution in [0.15, 0.2) is 18.2 Å². The van der Waals surface area contributed by atoms with Gasteiger partial charge in [0.2, 0.25) is 10.0 Å². The van der Waals surface area contributed by atoms with Gasteiger partial charge in [0.1, 0.15) is 0 Å². The first-order valence-electron chi connectivity index (χ1n) is 9.78. The highest BCUT2D eigenvalue weighted by molar-refractivity contribution is 7.89. The smallest absolute Gasteiger partial charge is 0.384 e. The van der Waals surface area contributed by atoms with E-state index in [0.717, 1.165) is 18.6 Å². The van der Waals surface area contributed by atoms with Gasteiger partial charge < -0.3 is 15.0 Å². The van der Waals surface area contributed by atoms with Gasteiger partial charge in [0.05, 0.1) is 23.5 Å². The van der Waals surface area contributed by atoms with Gasteiger partial charge in [0.25, 0.3) is 0 Å². The molecular formula is C19H28F3N3O3S. The Morgan fingerprint density at radius 2 is 2.03 bits per heavy atom. The van der Waals surface area contributed by atoms with E-state index in [1.807, 2.05) is 19.0 Å². The van der Waals surface area contributed by atoms with Crippen LogP contribution in [0, 0.1) is 5.92 Å². The van der Waals surface area contributed by atoms with Crippen LogP contribution >= 0.6 is 0 Å². The molecule has 1 aromatic rings. The first kappa shape index (κ1) is 22.3. The normalized spacial score (nSPS) is 24.7. The molecular weight excluding hydrogens is 407 g/mol. The summed E-state index contributed by atoms with van der Waals surface area (Å²) in [7, 11) is 0.354. The van der Waals surface area contributed by atoms with E-state index in [0.29, 0.717) is 37.2 Å². The Hall–Kier alpha value is -1.36. The Morgan fingerprint density at radius 3 is 2.72 bits per heavy atom. The van der Waals surface area contributed by atoms with Crippen LogP contribution < -0.4 is 10.0 Å². The van der Waals surface area contributed by atoms with Crippen molar-refractivity contribution in [1.29, 1.82) is 0 Å². The number of benzene rings is 1. The number of halogens is 3. The number of nitrogens with zero attached hydrogens (tertiary/aromatic N) is 1. The summed E-state index contributed by atoms with van der Waals surface area (Å²) >= 11 is 0. The fourth-order valence-corrected chi connectivity index (χ4v) is 4.96. The number of nitrogens with one attached hydrogen (secondary N) is 2. The molecule has 29 heavy (non-hydrogen) atoms. The second kappa shape index (κ2) is 8.79. The molecule has 2 heterocycles. The summed E-state index contributed by atoms with van der Waals surface area (Å²) in [5.41, 5.74) is 0.435. The molecule has 3 atom stereocenters. The summed E-state index contributed by atoms with van der Waals surface area (Å²) in [4.78, 5) is 1.92. The fourth-order valence-electron chi connectivity index (χ4n) is 3.86. The average molecular weight is 436 g/mol. The van der Waals surface area contributed by atoms with Gasteiger partial charge in [-0.3, -0.25) is 0 Å². The van der Waals surface area contributed by atoms with Crippen molar-refractivity contribution in [2.24, 2.45) is 5.92 Å². The summed E-state index contributed by atoms with van der Waals surface area (Å²) in [6.07, 6.45) is -3.29. The van der Waals surface area contributed by atoms with E-state index < -0.39 is 27.9 Å². The molecule has 2 aliphatic heterocycles. The Balaban J connectivity index is 1.64. The van der Waals surface area contributed by atoms with E-state index in [1.165, 1.54) is 6.07 Å². The van der Waals surface area contributed by atoms with Gasteiger partial charge in [-0.1, -0.05) is 0 Å². The molecule has 0 aromatic heterocycles. The maximum Gasteiger partial charge on any atom is 0.416 e. The number of alkyl halides is 3. The van der Waals surface area contributed by atoms with Gasteiger partial charge in [-0.25, -0.2) is 13.1 Å². The summed E-state index contributed by atoms with van der Waals surface area (Å²) in [6.45, 7) is 1.44. The second-order valence-electron chi connectivity index (χ2n) is 8.02. The van der Waals surface area contributed by atoms with E-state index in [4.69, 9.17) is 4.74 Å². The third kappa shape index (κ3) is 5.84. The molecule has 1 saturated heterocycles. The molecule has 0 aliphatic carbocycles. The molecule has 0 radical (unpaired) electrons. The highest BCUT2D eigenvalue weighted by Crippen LogP contribution is 2.44. The van der Waals surface area contributed by atoms with Gasteiger partial charge in [-0.2, -0.15) is 13.2 Å². The lowest BCUT2D eigenvalue weighted by Crippen LogP contribution is -2.42. The number of fused-ring (bicyclic) bond motifs is 3. The minimum absolute atomic E-state index is 0.0334. The molecule has 0 spiro atoms. The maximum absolute atomic E-state index is 13.1. The second-order valence-corrected chi connectivity index (χ2v) is 9.95. The SMILES string of the molecule is CN(C)CCCS(=O)(=O)NCC1CCC2CNc3ccc(C(F)(F)F)cc3C2O1. The minimum Gasteiger partial charge on any atom is -0.384 e. The number of hydrogen-bond donors (Lipinski definition) is 2. The average Bonchev–Trinajstić information content (AvgIpc) is 2.64. The van der Waals surface area contributed by atoms with Gasteiger partial charge in [0.15, 0.2) is 0 Å². The molecule has 0 amide bonds. The summed E-state index contributed by atoms with van der Waals surface area (Å²) < 4.78 is 72.4. The third-order valence-corrected chi connectivity index (χ3v) is 6.85. The van der Waals surface area contributed by atoms with Crippen molar-refractivity contribution >= 4 is 15.7 Å². The van der Waals surface area contributed by atoms with Crippen molar-refractivity contribution in [2.75, 3.05) is 44.8 Å². The van der Waals surface area contributed by atoms with Crippen molar-refractivity contribution < 1.29 is 26.3 Å². The van der Waals surface area contributed by atoms with Crippen LogP contribution in [0.5, 0.6) is 0 Å². The van der Waals surface area contributed by atoms with E-state index in [2.05, 4.69) is 10.0 Å². The topological polar surface area (TPSA) is 70.7 Å². The first-order chi connectivity index (χ1) is 13.5. The van der Waals surface area contributed by atoms with Crippen LogP contribution in [0.4, 0.5) is 18.9 Å². The minimum atomic E-state index is -4.42. The summed E-state index contributed by atoms with van der Waals surface area (Å²) in [6, 6.07) is 3.65. The lowest BCUT2D eigenvalue weighted by molar-refractivity contribution is -0.137. The fraction of sp³-hybridized carbons (Fsp3) is 0.684. The van der Waals surface area contributed by atoms with E-state index >= 15 is 0 Å². The van der Waals surface area contributed by atoms with Gasteiger partial charge in [-0.15, -0.1) is 0 Å². The molecule has 2 aliphatic rings. The molecule has 6 nitrogen and oxygen atoms in total. The van der Waals surface area contributed by atoms with Crippen molar-refractivity contribution in [2.45, 2.75) is 37.6 Å². The first-order valence-corrected chi connectivity index (χ1v) is 11.4. The lowest BCUT2D eigenvalue weighted by atomic mass is 9.83. The summed E-state index contributed by atoms with van der Waals surface area (Å²) in [5.74, 6) is 0.102. The molecule has 10 heteroatoms. The largest absolute Gasteiger partial charge is 0.416 e. The van der Waals surface area contributed by atoms with Crippen LogP contribution in [-0.2, 0) is 20.9 Å². The van der Waals surface area contributed by atoms with Crippen LogP contribution in [0.1, 0.15) is 36.5 Å². The van der Waals surface area contributed by atoms with E-state index in [-0.39, 0.29) is 24.3 Å². The molecule has 164 valence electrons. The molecule has 0 saturated carbocycles. The predicted octanol–water partition coefficient (Wildman–Crippen LogP) is 2.84. The van der Waals surface area contributed by atoms with Gasteiger partial charge in [0, 0.05) is 30.3 Å². The Kier molecular flexibility index (Phi) is 6.77. The molecule has 2 N–H and O–H groups in total. The quantitative estimate of drug-likeness (QED) is 0.689. The zero-order chi connectivity index (χ0) is 21.2. The van der Waals surface area contributed by atoms with Crippen molar-refractivity contribution in [3.63, 3.8) is 0 Å². The number of ether oxygens (including phenoxy) is 1. The molecule has 3 unspecified atom stereocenters. The van der Waals surface area contributed by atoms with E-state index in [9.17, 15) is 21.6 Å². The molecule has 1 fully saturated rings. The number of hydrogen-bond acceptors (Lipinski definition) is 5. The van der Waals surface area contributed by atoms with Crippen molar-refractivity contribution in [3.8, 4) is 0 Å². The zero-order valence-corrected chi connectivity index (χ0v) is 17.4. The van der Waals surface area contributed by atoms with Crippen molar-refractivity contribution in [1.82, 2.24) is 9.62 Å². The van der Waals surface area contributed by atoms with Crippen LogP contribution in [0.2, 0.25) is 0 Å². The van der Waals surface area contributed by atoms with Gasteiger partial charge >= 0.3 is 6.18 Å². The maximum atomic E-state index is 13.1. The van der Waals surface area contributed by atoms with Crippen LogP contribution in [0.3, 0.4) is 0 Å². The van der Waals surface area contributed by atoms with E-state index in [1.54, 1.807) is 0 Å². The highest BCUT2D eigenvalue weighted by atomic mass is 32.2. The zero-order valence-electron chi connectivity index (χ0n) is 16.6. The molecule has 0 bridgehead atoms. The number of anilines is 1. The molecule has 1 aromatic carbocycles. The van der Waals surface area contributed by atoms with Crippen LogP contribution in [-0.4, -0.2) is 58.9 Å². The van der Waals surface area contributed by atoms with Crippen molar-refractivity contribution in [3.05, 3.63) is 29.3 Å². The Labute approximate surface area is 169 Å². The third-order valence-electron chi connectivity index (χ3n) is 5.42. The van der Waals surface area contributed by atoms with Crippen LogP contribution in [0.25, 0.3) is 0 Å². The highest BCUT2D eigenvalue weighted by Gasteiger charge is 2.39. The standard InChI is InChI=1S/C19H28F3N3O3S/c1-25(2)8-3-9-29(26,27)24-12-15-6-4-13-11-23-17-7-5-14(19(20,21)22)10-16(17)18(13)28-15/h5,7,10,13,15,18,23-24H,3-4,6,8-9,11-12H2,1-2H3. The number of rotatable bonds is 7. The van der Waals surface area contributed by atoms with Gasteiger partial charge in [-0.05, 0) is 58.1 Å².